The highest BCUT2D eigenvalue weighted by molar-refractivity contribution is 8.18. The molecule has 1 N–H and O–H groups in total. The van der Waals surface area contributed by atoms with E-state index >= 15 is 0 Å². The Hall–Kier alpha value is -1.51. The van der Waals surface area contributed by atoms with E-state index in [0.29, 0.717) is 24.8 Å². The first-order chi connectivity index (χ1) is 15.0. The molecule has 0 aliphatic carbocycles. The zero-order chi connectivity index (χ0) is 25.0. The molecule has 0 amide bonds. The number of benzene rings is 1. The van der Waals surface area contributed by atoms with E-state index in [0.717, 1.165) is 22.5 Å². The van der Waals surface area contributed by atoms with Crippen LogP contribution in [0, 0.1) is 5.82 Å². The van der Waals surface area contributed by atoms with E-state index in [1.807, 2.05) is 0 Å². The minimum Gasteiger partial charge on any atom is -0.380 e. The molecule has 1 saturated heterocycles. The summed E-state index contributed by atoms with van der Waals surface area (Å²) in [5.41, 5.74) is -4.58. The van der Waals surface area contributed by atoms with Crippen LogP contribution in [0.5, 0.6) is 0 Å². The van der Waals surface area contributed by atoms with Gasteiger partial charge in [0.15, 0.2) is 5.60 Å². The van der Waals surface area contributed by atoms with E-state index in [1.165, 1.54) is 11.8 Å². The van der Waals surface area contributed by atoms with Gasteiger partial charge in [-0.1, -0.05) is 6.08 Å². The fraction of sp³-hybridized carbons (Fsp3) is 0.579. The second-order valence-corrected chi connectivity index (χ2v) is 11.4. The van der Waals surface area contributed by atoms with Crippen LogP contribution in [0.25, 0.3) is 0 Å². The van der Waals surface area contributed by atoms with Gasteiger partial charge in [-0.3, -0.25) is 0 Å². The molecule has 0 bridgehead atoms. The number of sulfonamides is 1. The summed E-state index contributed by atoms with van der Waals surface area (Å²) in [6.07, 6.45) is -8.97. The molecule has 0 radical (unpaired) electrons. The molecule has 186 valence electrons. The predicted octanol–water partition coefficient (Wildman–Crippen LogP) is 4.35. The second kappa shape index (κ2) is 8.61. The number of alkyl halides is 6. The summed E-state index contributed by atoms with van der Waals surface area (Å²) in [6, 6.07) is 1.41. The van der Waals surface area contributed by atoms with Gasteiger partial charge in [-0.05, 0) is 38.5 Å². The number of hydrogen-bond acceptors (Lipinski definition) is 5. The van der Waals surface area contributed by atoms with Gasteiger partial charge in [0.05, 0.1) is 10.8 Å². The number of anilines is 1. The molecule has 2 aliphatic heterocycles. The van der Waals surface area contributed by atoms with Crippen LogP contribution < -0.4 is 4.90 Å². The molecule has 2 unspecified atom stereocenters. The number of piperazine rings is 1. The zero-order valence-electron chi connectivity index (χ0n) is 17.4. The van der Waals surface area contributed by atoms with Crippen molar-refractivity contribution >= 4 is 27.5 Å². The van der Waals surface area contributed by atoms with Gasteiger partial charge in [-0.15, -0.1) is 11.8 Å². The van der Waals surface area contributed by atoms with Crippen LogP contribution >= 0.6 is 11.8 Å². The Kier molecular flexibility index (Phi) is 6.81. The molecule has 2 aliphatic rings. The number of halogens is 7. The Balaban J connectivity index is 1.77. The van der Waals surface area contributed by atoms with Gasteiger partial charge < -0.3 is 10.0 Å². The molecule has 33 heavy (non-hydrogen) atoms. The quantitative estimate of drug-likeness (QED) is 0.597. The molecular weight excluding hydrogens is 501 g/mol. The van der Waals surface area contributed by atoms with E-state index in [2.05, 4.69) is 0 Å². The van der Waals surface area contributed by atoms with Crippen molar-refractivity contribution in [1.82, 2.24) is 4.31 Å². The van der Waals surface area contributed by atoms with Crippen LogP contribution in [-0.4, -0.2) is 60.5 Å². The van der Waals surface area contributed by atoms with Crippen molar-refractivity contribution in [3.05, 3.63) is 39.9 Å². The smallest absolute Gasteiger partial charge is 0.380 e. The molecule has 14 heteroatoms. The van der Waals surface area contributed by atoms with Gasteiger partial charge in [-0.2, -0.15) is 30.6 Å². The Bertz CT molecular complexity index is 1040. The summed E-state index contributed by atoms with van der Waals surface area (Å²) in [5.74, 6) is -1.06. The number of hydrogen-bond donors (Lipinski definition) is 1. The third-order valence-corrected chi connectivity index (χ3v) is 9.78. The third kappa shape index (κ3) is 4.98. The van der Waals surface area contributed by atoms with Crippen LogP contribution in [0.1, 0.15) is 25.8 Å². The minimum atomic E-state index is -4.96. The molecule has 3 rings (SSSR count). The summed E-state index contributed by atoms with van der Waals surface area (Å²) in [7, 11) is -4.23. The maximum Gasteiger partial charge on any atom is 0.418 e. The van der Waals surface area contributed by atoms with Gasteiger partial charge in [0.2, 0.25) is 10.0 Å². The molecule has 3 atom stereocenters. The van der Waals surface area contributed by atoms with E-state index in [9.17, 15) is 44.3 Å². The van der Waals surface area contributed by atoms with Gasteiger partial charge in [0, 0.05) is 31.4 Å². The highest BCUT2D eigenvalue weighted by Gasteiger charge is 2.57. The lowest BCUT2D eigenvalue weighted by Gasteiger charge is -2.41. The number of thioether (sulfide) groups is 1. The third-order valence-electron chi connectivity index (χ3n) is 5.69. The minimum absolute atomic E-state index is 0.139. The monoisotopic (exact) mass is 522 g/mol. The summed E-state index contributed by atoms with van der Waals surface area (Å²) >= 11 is 0.409. The molecule has 0 saturated carbocycles. The standard InChI is InChI=1S/C19H21F7N2O3S2/c1-11-10-27(14-4-3-12(20)9-13(14)18(21,22)23)7-8-28(11)33(30,31)16-6-5-15(32-16)17(2,29)19(24,25)26/h3-4,6,9,11,15,29H,5,7-8,10H2,1-2H3/t11-,15?,17?/m1/s1. The van der Waals surface area contributed by atoms with Crippen molar-refractivity contribution in [3.63, 3.8) is 0 Å². The van der Waals surface area contributed by atoms with E-state index < -0.39 is 50.6 Å². The topological polar surface area (TPSA) is 60.9 Å². The first-order valence-corrected chi connectivity index (χ1v) is 12.1. The van der Waals surface area contributed by atoms with Crippen molar-refractivity contribution < 1.29 is 44.3 Å². The first-order valence-electron chi connectivity index (χ1n) is 9.75. The van der Waals surface area contributed by atoms with E-state index in [1.54, 1.807) is 0 Å². The van der Waals surface area contributed by atoms with Crippen LogP contribution in [0.15, 0.2) is 28.5 Å². The maximum absolute atomic E-state index is 13.4. The summed E-state index contributed by atoms with van der Waals surface area (Å²) in [4.78, 5) is 1.30. The van der Waals surface area contributed by atoms with Crippen molar-refractivity contribution in [1.29, 1.82) is 0 Å². The first kappa shape index (κ1) is 26.1. The summed E-state index contributed by atoms with van der Waals surface area (Å²) in [6.45, 7) is 1.53. The Morgan fingerprint density at radius 2 is 1.76 bits per heavy atom. The number of rotatable bonds is 4. The molecule has 0 spiro atoms. The van der Waals surface area contributed by atoms with E-state index in [4.69, 9.17) is 0 Å². The van der Waals surface area contributed by atoms with Crippen LogP contribution in [-0.2, 0) is 16.2 Å². The van der Waals surface area contributed by atoms with Gasteiger partial charge in [0.25, 0.3) is 0 Å². The lowest BCUT2D eigenvalue weighted by atomic mass is 9.99. The lowest BCUT2D eigenvalue weighted by molar-refractivity contribution is -0.251. The second-order valence-electron chi connectivity index (χ2n) is 8.08. The predicted molar refractivity (Wildman–Crippen MR) is 109 cm³/mol. The number of allylic oxidation sites excluding steroid dienone is 1. The van der Waals surface area contributed by atoms with Crippen molar-refractivity contribution in [2.24, 2.45) is 0 Å². The Morgan fingerprint density at radius 3 is 2.30 bits per heavy atom. The Morgan fingerprint density at radius 1 is 1.12 bits per heavy atom. The van der Waals surface area contributed by atoms with Crippen LogP contribution in [0.3, 0.4) is 0 Å². The maximum atomic E-state index is 13.4. The normalized spacial score (nSPS) is 25.2. The van der Waals surface area contributed by atoms with Crippen LogP contribution in [0.2, 0.25) is 0 Å². The van der Waals surface area contributed by atoms with Crippen LogP contribution in [0.4, 0.5) is 36.4 Å². The fourth-order valence-corrected chi connectivity index (χ4v) is 7.33. The number of nitrogens with zero attached hydrogens (tertiary/aromatic N) is 2. The largest absolute Gasteiger partial charge is 0.418 e. The SMILES string of the molecule is C[C@@H]1CN(c2ccc(F)cc2C(F)(F)F)CCN1S(=O)(=O)C1=CCC(C(C)(O)C(F)(F)F)S1. The Labute approximate surface area is 190 Å². The lowest BCUT2D eigenvalue weighted by Crippen LogP contribution is -2.54. The fourth-order valence-electron chi connectivity index (χ4n) is 3.78. The number of aliphatic hydroxyl groups is 1. The molecule has 0 aromatic heterocycles. The van der Waals surface area contributed by atoms with E-state index in [-0.39, 0.29) is 36.0 Å². The van der Waals surface area contributed by atoms with Gasteiger partial charge in [0.1, 0.15) is 10.1 Å². The summed E-state index contributed by atoms with van der Waals surface area (Å²) in [5, 5.41) is 8.40. The molecule has 2 heterocycles. The average molecular weight is 523 g/mol. The van der Waals surface area contributed by atoms with Crippen molar-refractivity contribution in [2.45, 2.75) is 49.5 Å². The molecule has 1 aromatic rings. The van der Waals surface area contributed by atoms with Crippen molar-refractivity contribution in [3.8, 4) is 0 Å². The molecule has 1 fully saturated rings. The van der Waals surface area contributed by atoms with Crippen molar-refractivity contribution in [2.75, 3.05) is 24.5 Å². The highest BCUT2D eigenvalue weighted by Crippen LogP contribution is 2.48. The average Bonchev–Trinajstić information content (AvgIpc) is 3.18. The molecule has 1 aromatic carbocycles. The zero-order valence-corrected chi connectivity index (χ0v) is 19.0. The highest BCUT2D eigenvalue weighted by atomic mass is 32.3. The molecular formula is C19H21F7N2O3S2. The van der Waals surface area contributed by atoms with Gasteiger partial charge >= 0.3 is 12.4 Å². The molecule has 5 nitrogen and oxygen atoms in total. The summed E-state index contributed by atoms with van der Waals surface area (Å²) < 4.78 is 120. The van der Waals surface area contributed by atoms with Gasteiger partial charge in [-0.25, -0.2) is 12.8 Å².